The van der Waals surface area contributed by atoms with Crippen LogP contribution >= 0.6 is 11.6 Å². The summed E-state index contributed by atoms with van der Waals surface area (Å²) in [6.45, 7) is 4.45. The van der Waals surface area contributed by atoms with E-state index in [0.29, 0.717) is 17.3 Å². The van der Waals surface area contributed by atoms with E-state index < -0.39 is 0 Å². The highest BCUT2D eigenvalue weighted by Gasteiger charge is 2.19. The molecule has 0 fully saturated rings. The van der Waals surface area contributed by atoms with Crippen LogP contribution in [-0.2, 0) is 0 Å². The fourth-order valence-corrected chi connectivity index (χ4v) is 2.06. The number of halogens is 1. The van der Waals surface area contributed by atoms with Crippen LogP contribution in [0.4, 0.5) is 10.5 Å². The monoisotopic (exact) mass is 282 g/mol. The van der Waals surface area contributed by atoms with Crippen molar-refractivity contribution in [2.24, 2.45) is 10.7 Å². The first-order valence-electron chi connectivity index (χ1n) is 6.07. The lowest BCUT2D eigenvalue weighted by molar-refractivity contribution is 0.250. The zero-order valence-corrected chi connectivity index (χ0v) is 12.2. The van der Waals surface area contributed by atoms with Gasteiger partial charge in [-0.3, -0.25) is 15.2 Å². The molecule has 0 aliphatic carbocycles. The van der Waals surface area contributed by atoms with E-state index in [1.807, 2.05) is 26.0 Å². The largest absolute Gasteiger partial charge is 0.370 e. The molecule has 1 aromatic rings. The second-order valence-corrected chi connectivity index (χ2v) is 4.50. The minimum absolute atomic E-state index is 0.0795. The Morgan fingerprint density at radius 2 is 2.21 bits per heavy atom. The van der Waals surface area contributed by atoms with Crippen LogP contribution in [0.2, 0.25) is 5.02 Å². The maximum atomic E-state index is 12.2. The number of aryl methyl sites for hydroxylation is 1. The molecule has 0 unspecified atom stereocenters. The Bertz CT molecular complexity index is 467. The first-order valence-corrected chi connectivity index (χ1v) is 6.45. The molecule has 3 N–H and O–H groups in total. The summed E-state index contributed by atoms with van der Waals surface area (Å²) in [4.78, 5) is 17.5. The average Bonchev–Trinajstić information content (AvgIpc) is 2.37. The van der Waals surface area contributed by atoms with Crippen molar-refractivity contribution in [1.29, 1.82) is 0 Å². The van der Waals surface area contributed by atoms with Crippen molar-refractivity contribution >= 4 is 29.3 Å². The molecule has 19 heavy (non-hydrogen) atoms. The second kappa shape index (κ2) is 6.99. The molecular weight excluding hydrogens is 264 g/mol. The zero-order chi connectivity index (χ0) is 14.4. The summed E-state index contributed by atoms with van der Waals surface area (Å²) in [6, 6.07) is 5.19. The normalized spacial score (nSPS) is 11.3. The van der Waals surface area contributed by atoms with Gasteiger partial charge in [0.1, 0.15) is 0 Å². The van der Waals surface area contributed by atoms with Crippen LogP contribution in [0.1, 0.15) is 18.9 Å². The summed E-state index contributed by atoms with van der Waals surface area (Å²) in [5.41, 5.74) is 7.16. The third-order valence-electron chi connectivity index (χ3n) is 2.63. The molecule has 104 valence electrons. The molecule has 2 amide bonds. The predicted molar refractivity (Wildman–Crippen MR) is 79.9 cm³/mol. The van der Waals surface area contributed by atoms with Crippen LogP contribution in [0.25, 0.3) is 0 Å². The number of hydrogen-bond acceptors (Lipinski definition) is 2. The number of nitrogens with zero attached hydrogens (tertiary/aromatic N) is 2. The van der Waals surface area contributed by atoms with Gasteiger partial charge < -0.3 is 5.73 Å². The van der Waals surface area contributed by atoms with Crippen molar-refractivity contribution < 1.29 is 4.79 Å². The lowest BCUT2D eigenvalue weighted by atomic mass is 10.2. The molecule has 0 atom stereocenters. The van der Waals surface area contributed by atoms with Gasteiger partial charge in [-0.15, -0.1) is 0 Å². The smallest absolute Gasteiger partial charge is 0.328 e. The number of nitrogens with two attached hydrogens (primary N) is 1. The number of urea groups is 1. The molecule has 0 aliphatic rings. The maximum absolute atomic E-state index is 12.2. The Labute approximate surface area is 118 Å². The number of benzene rings is 1. The first-order chi connectivity index (χ1) is 9.01. The van der Waals surface area contributed by atoms with Crippen LogP contribution in [0.15, 0.2) is 23.2 Å². The number of carbonyl (C=O) groups is 1. The molecule has 0 heterocycles. The standard InChI is InChI=1S/C13H19ClN4O/c1-4-8-18(13(19)17-12(15)16-3)11-9(2)6-5-7-10(11)14/h5-7H,4,8H2,1-3H3,(H3,15,16,17,19). The van der Waals surface area contributed by atoms with Crippen LogP contribution in [0.3, 0.4) is 0 Å². The molecule has 0 aliphatic heterocycles. The van der Waals surface area contributed by atoms with Gasteiger partial charge in [0, 0.05) is 13.6 Å². The van der Waals surface area contributed by atoms with Gasteiger partial charge in [-0.05, 0) is 25.0 Å². The van der Waals surface area contributed by atoms with E-state index in [4.69, 9.17) is 17.3 Å². The number of guanidine groups is 1. The van der Waals surface area contributed by atoms with Gasteiger partial charge in [0.15, 0.2) is 5.96 Å². The van der Waals surface area contributed by atoms with E-state index in [9.17, 15) is 4.79 Å². The minimum atomic E-state index is -0.332. The summed E-state index contributed by atoms with van der Waals surface area (Å²) in [7, 11) is 1.51. The van der Waals surface area contributed by atoms with Crippen LogP contribution in [-0.4, -0.2) is 25.6 Å². The summed E-state index contributed by atoms with van der Waals surface area (Å²) in [5, 5.41) is 3.06. The summed E-state index contributed by atoms with van der Waals surface area (Å²) >= 11 is 6.19. The van der Waals surface area contributed by atoms with Crippen molar-refractivity contribution in [2.45, 2.75) is 20.3 Å². The van der Waals surface area contributed by atoms with Crippen molar-refractivity contribution in [3.8, 4) is 0 Å². The number of hydrogen-bond donors (Lipinski definition) is 2. The van der Waals surface area contributed by atoms with E-state index in [0.717, 1.165) is 12.0 Å². The fourth-order valence-electron chi connectivity index (χ4n) is 1.74. The van der Waals surface area contributed by atoms with E-state index in [1.165, 1.54) is 7.05 Å². The molecule has 5 nitrogen and oxygen atoms in total. The summed E-state index contributed by atoms with van der Waals surface area (Å²) in [6.07, 6.45) is 0.807. The lowest BCUT2D eigenvalue weighted by Crippen LogP contribution is -2.46. The molecule has 0 aromatic heterocycles. The number of para-hydroxylation sites is 1. The van der Waals surface area contributed by atoms with Gasteiger partial charge in [-0.2, -0.15) is 0 Å². The van der Waals surface area contributed by atoms with Crippen LogP contribution in [0, 0.1) is 6.92 Å². The highest BCUT2D eigenvalue weighted by atomic mass is 35.5. The fraction of sp³-hybridized carbons (Fsp3) is 0.385. The Morgan fingerprint density at radius 1 is 1.53 bits per heavy atom. The van der Waals surface area contributed by atoms with Gasteiger partial charge in [-0.25, -0.2) is 4.79 Å². The lowest BCUT2D eigenvalue weighted by Gasteiger charge is -2.25. The average molecular weight is 283 g/mol. The van der Waals surface area contributed by atoms with Gasteiger partial charge in [0.25, 0.3) is 0 Å². The van der Waals surface area contributed by atoms with Crippen molar-refractivity contribution in [1.82, 2.24) is 5.32 Å². The van der Waals surface area contributed by atoms with Crippen molar-refractivity contribution in [3.63, 3.8) is 0 Å². The van der Waals surface area contributed by atoms with E-state index >= 15 is 0 Å². The molecule has 0 spiro atoms. The quantitative estimate of drug-likeness (QED) is 0.660. The van der Waals surface area contributed by atoms with E-state index in [-0.39, 0.29) is 12.0 Å². The molecule has 0 bridgehead atoms. The second-order valence-electron chi connectivity index (χ2n) is 4.10. The molecule has 0 saturated heterocycles. The van der Waals surface area contributed by atoms with Gasteiger partial charge in [0.2, 0.25) is 0 Å². The number of anilines is 1. The third kappa shape index (κ3) is 3.86. The first kappa shape index (κ1) is 15.3. The van der Waals surface area contributed by atoms with Gasteiger partial charge in [0.05, 0.1) is 10.7 Å². The molecule has 0 saturated carbocycles. The minimum Gasteiger partial charge on any atom is -0.370 e. The Hall–Kier alpha value is -1.75. The zero-order valence-electron chi connectivity index (χ0n) is 11.4. The Balaban J connectivity index is 3.10. The number of aliphatic imine (C=N–C) groups is 1. The molecule has 1 aromatic carbocycles. The molecule has 6 heteroatoms. The molecular formula is C13H19ClN4O. The number of carbonyl (C=O) groups excluding carboxylic acids is 1. The SMILES string of the molecule is CCCN(C(=O)NC(N)=NC)c1c(C)cccc1Cl. The van der Waals surface area contributed by atoms with E-state index in [1.54, 1.807) is 11.0 Å². The number of rotatable bonds is 3. The summed E-state index contributed by atoms with van der Waals surface area (Å²) in [5.74, 6) is 0.0795. The summed E-state index contributed by atoms with van der Waals surface area (Å²) < 4.78 is 0. The van der Waals surface area contributed by atoms with Gasteiger partial charge >= 0.3 is 6.03 Å². The third-order valence-corrected chi connectivity index (χ3v) is 2.93. The predicted octanol–water partition coefficient (Wildman–Crippen LogP) is 2.52. The van der Waals surface area contributed by atoms with E-state index in [2.05, 4.69) is 10.3 Å². The number of amides is 2. The van der Waals surface area contributed by atoms with Crippen LogP contribution in [0.5, 0.6) is 0 Å². The van der Waals surface area contributed by atoms with Crippen LogP contribution < -0.4 is 16.0 Å². The van der Waals surface area contributed by atoms with Gasteiger partial charge in [-0.1, -0.05) is 30.7 Å². The number of nitrogens with one attached hydrogen (secondary N) is 1. The highest BCUT2D eigenvalue weighted by Crippen LogP contribution is 2.29. The maximum Gasteiger partial charge on any atom is 0.328 e. The Morgan fingerprint density at radius 3 is 2.74 bits per heavy atom. The highest BCUT2D eigenvalue weighted by molar-refractivity contribution is 6.34. The van der Waals surface area contributed by atoms with Crippen molar-refractivity contribution in [2.75, 3.05) is 18.5 Å². The topological polar surface area (TPSA) is 70.7 Å². The Kier molecular flexibility index (Phi) is 5.63. The van der Waals surface area contributed by atoms with Crippen molar-refractivity contribution in [3.05, 3.63) is 28.8 Å². The molecule has 0 radical (unpaired) electrons. The molecule has 1 rings (SSSR count).